The molecule has 0 aliphatic carbocycles. The van der Waals surface area contributed by atoms with E-state index in [1.807, 2.05) is 48.5 Å². The maximum absolute atomic E-state index is 12.0. The first-order valence-electron chi connectivity index (χ1n) is 6.62. The summed E-state index contributed by atoms with van der Waals surface area (Å²) >= 11 is 0. The molecule has 0 N–H and O–H groups in total. The van der Waals surface area contributed by atoms with Crippen LogP contribution in [-0.2, 0) is 14.3 Å². The zero-order valence-electron chi connectivity index (χ0n) is 13.3. The Morgan fingerprint density at radius 1 is 0.944 bits per heavy atom. The normalized spacial score (nSPS) is 13.8. The largest absolute Gasteiger partial charge is 0.379 e. The fourth-order valence-corrected chi connectivity index (χ4v) is 1.38. The Balaban J connectivity index is 4.21. The Morgan fingerprint density at radius 2 is 1.44 bits per heavy atom. The highest BCUT2D eigenvalue weighted by atomic mass is 16.5. The van der Waals surface area contributed by atoms with E-state index in [-0.39, 0.29) is 16.8 Å². The van der Waals surface area contributed by atoms with Crippen LogP contribution in [-0.4, -0.2) is 30.7 Å². The number of ketones is 1. The molecule has 0 aliphatic heterocycles. The highest BCUT2D eigenvalue weighted by molar-refractivity contribution is 5.84. The third kappa shape index (κ3) is 7.12. The number of hydrogen-bond donors (Lipinski definition) is 0. The summed E-state index contributed by atoms with van der Waals surface area (Å²) in [5.74, 6) is 0.235. The van der Waals surface area contributed by atoms with Crippen molar-refractivity contribution in [1.82, 2.24) is 0 Å². The van der Waals surface area contributed by atoms with Gasteiger partial charge >= 0.3 is 0 Å². The Kier molecular flexibility index (Phi) is 6.02. The van der Waals surface area contributed by atoms with Crippen molar-refractivity contribution in [2.75, 3.05) is 13.7 Å². The molecule has 0 aromatic heterocycles. The number of rotatable bonds is 7. The van der Waals surface area contributed by atoms with Gasteiger partial charge in [-0.2, -0.15) is 0 Å². The van der Waals surface area contributed by atoms with E-state index in [2.05, 4.69) is 0 Å². The van der Waals surface area contributed by atoms with E-state index in [0.29, 0.717) is 13.0 Å². The topological polar surface area (TPSA) is 35.5 Å². The van der Waals surface area contributed by atoms with Crippen LogP contribution in [0, 0.1) is 5.41 Å². The van der Waals surface area contributed by atoms with Crippen LogP contribution < -0.4 is 0 Å². The second kappa shape index (κ2) is 6.16. The minimum Gasteiger partial charge on any atom is -0.379 e. The number of hydrogen-bond acceptors (Lipinski definition) is 3. The maximum atomic E-state index is 12.0. The lowest BCUT2D eigenvalue weighted by molar-refractivity contribution is -0.133. The first-order valence-corrected chi connectivity index (χ1v) is 6.62. The Labute approximate surface area is 112 Å². The molecule has 0 aromatic rings. The fourth-order valence-electron chi connectivity index (χ4n) is 1.38. The zero-order valence-corrected chi connectivity index (χ0v) is 13.3. The molecule has 0 bridgehead atoms. The highest BCUT2D eigenvalue weighted by Gasteiger charge is 2.30. The van der Waals surface area contributed by atoms with Gasteiger partial charge in [0, 0.05) is 18.9 Å². The summed E-state index contributed by atoms with van der Waals surface area (Å²) in [4.78, 5) is 12.0. The molecule has 3 nitrogen and oxygen atoms in total. The van der Waals surface area contributed by atoms with Crippen molar-refractivity contribution >= 4 is 5.78 Å². The summed E-state index contributed by atoms with van der Waals surface area (Å²) in [5.41, 5.74) is -0.884. The van der Waals surface area contributed by atoms with Gasteiger partial charge in [0.1, 0.15) is 5.78 Å². The molecule has 0 fully saturated rings. The van der Waals surface area contributed by atoms with Gasteiger partial charge in [-0.1, -0.05) is 20.8 Å². The SMILES string of the molecule is COC(C)(C)CCOC(C)(C)CC(=O)C(C)(C)C. The Bertz CT molecular complexity index is 272. The van der Waals surface area contributed by atoms with Gasteiger partial charge in [0.15, 0.2) is 0 Å². The van der Waals surface area contributed by atoms with Crippen molar-refractivity contribution in [3.63, 3.8) is 0 Å². The monoisotopic (exact) mass is 258 g/mol. The smallest absolute Gasteiger partial charge is 0.141 e. The van der Waals surface area contributed by atoms with Crippen molar-refractivity contribution in [3.8, 4) is 0 Å². The fraction of sp³-hybridized carbons (Fsp3) is 0.933. The molecule has 0 radical (unpaired) electrons. The first-order chi connectivity index (χ1) is 7.90. The van der Waals surface area contributed by atoms with Gasteiger partial charge in [-0.25, -0.2) is 0 Å². The second-order valence-corrected chi connectivity index (χ2v) is 7.17. The number of carbonyl (C=O) groups is 1. The summed E-state index contributed by atoms with van der Waals surface area (Å²) in [7, 11) is 1.70. The molecule has 3 heteroatoms. The van der Waals surface area contributed by atoms with Crippen LogP contribution in [0.4, 0.5) is 0 Å². The Morgan fingerprint density at radius 3 is 1.83 bits per heavy atom. The van der Waals surface area contributed by atoms with Crippen molar-refractivity contribution in [2.24, 2.45) is 5.41 Å². The van der Waals surface area contributed by atoms with Gasteiger partial charge in [-0.15, -0.1) is 0 Å². The van der Waals surface area contributed by atoms with Crippen LogP contribution in [0.15, 0.2) is 0 Å². The van der Waals surface area contributed by atoms with E-state index in [9.17, 15) is 4.79 Å². The van der Waals surface area contributed by atoms with Crippen molar-refractivity contribution in [3.05, 3.63) is 0 Å². The standard InChI is InChI=1S/C15H30O3/c1-13(2,3)12(16)11-15(6,7)18-10-9-14(4,5)17-8/h9-11H2,1-8H3. The molecule has 0 saturated heterocycles. The van der Waals surface area contributed by atoms with Gasteiger partial charge in [-0.3, -0.25) is 4.79 Å². The lowest BCUT2D eigenvalue weighted by atomic mass is 9.84. The predicted molar refractivity (Wildman–Crippen MR) is 74.8 cm³/mol. The molecule has 0 spiro atoms. The summed E-state index contributed by atoms with van der Waals surface area (Å²) in [5, 5.41) is 0. The minimum absolute atomic E-state index is 0.176. The second-order valence-electron chi connectivity index (χ2n) is 7.17. The summed E-state index contributed by atoms with van der Waals surface area (Å²) in [6.45, 7) is 14.4. The van der Waals surface area contributed by atoms with Crippen LogP contribution in [0.25, 0.3) is 0 Å². The number of ether oxygens (including phenoxy) is 2. The van der Waals surface area contributed by atoms with Crippen LogP contribution in [0.1, 0.15) is 61.3 Å². The van der Waals surface area contributed by atoms with E-state index in [1.54, 1.807) is 7.11 Å². The van der Waals surface area contributed by atoms with Crippen LogP contribution in [0.5, 0.6) is 0 Å². The third-order valence-corrected chi connectivity index (χ3v) is 3.17. The van der Waals surface area contributed by atoms with Crippen LogP contribution in [0.3, 0.4) is 0 Å². The number of methoxy groups -OCH3 is 1. The van der Waals surface area contributed by atoms with E-state index in [1.165, 1.54) is 0 Å². The summed E-state index contributed by atoms with van der Waals surface area (Å²) in [6, 6.07) is 0. The minimum atomic E-state index is -0.409. The number of Topliss-reactive ketones (excluding diaryl/α,β-unsaturated/α-hetero) is 1. The molecule has 0 saturated carbocycles. The summed E-state index contributed by atoms with van der Waals surface area (Å²) in [6.07, 6.45) is 1.26. The molecular weight excluding hydrogens is 228 g/mol. The lowest BCUT2D eigenvalue weighted by Crippen LogP contribution is -2.35. The van der Waals surface area contributed by atoms with Crippen molar-refractivity contribution in [1.29, 1.82) is 0 Å². The molecule has 0 aromatic carbocycles. The van der Waals surface area contributed by atoms with E-state index in [4.69, 9.17) is 9.47 Å². The Hall–Kier alpha value is -0.410. The predicted octanol–water partition coefficient (Wildman–Crippen LogP) is 3.60. The van der Waals surface area contributed by atoms with E-state index < -0.39 is 5.60 Å². The third-order valence-electron chi connectivity index (χ3n) is 3.17. The molecule has 0 aliphatic rings. The van der Waals surface area contributed by atoms with Crippen LogP contribution in [0.2, 0.25) is 0 Å². The van der Waals surface area contributed by atoms with Gasteiger partial charge in [0.25, 0.3) is 0 Å². The molecule has 0 heterocycles. The van der Waals surface area contributed by atoms with Gasteiger partial charge in [0.2, 0.25) is 0 Å². The van der Waals surface area contributed by atoms with Crippen molar-refractivity contribution in [2.45, 2.75) is 72.5 Å². The molecule has 0 unspecified atom stereocenters. The molecule has 0 rings (SSSR count). The molecule has 108 valence electrons. The van der Waals surface area contributed by atoms with Gasteiger partial charge in [0.05, 0.1) is 17.8 Å². The summed E-state index contributed by atoms with van der Waals surface area (Å²) < 4.78 is 11.2. The number of carbonyl (C=O) groups excluding carboxylic acids is 1. The van der Waals surface area contributed by atoms with E-state index >= 15 is 0 Å². The molecule has 0 atom stereocenters. The lowest BCUT2D eigenvalue weighted by Gasteiger charge is -2.30. The average molecular weight is 258 g/mol. The first kappa shape index (κ1) is 17.6. The molecule has 0 amide bonds. The van der Waals surface area contributed by atoms with E-state index in [0.717, 1.165) is 6.42 Å². The average Bonchev–Trinajstić information content (AvgIpc) is 2.14. The van der Waals surface area contributed by atoms with Gasteiger partial charge in [-0.05, 0) is 34.1 Å². The maximum Gasteiger partial charge on any atom is 0.141 e. The zero-order chi connectivity index (χ0) is 14.6. The highest BCUT2D eigenvalue weighted by Crippen LogP contribution is 2.25. The van der Waals surface area contributed by atoms with Gasteiger partial charge < -0.3 is 9.47 Å². The quantitative estimate of drug-likeness (QED) is 0.700. The molecule has 18 heavy (non-hydrogen) atoms. The van der Waals surface area contributed by atoms with Crippen LogP contribution >= 0.6 is 0 Å². The van der Waals surface area contributed by atoms with Crippen molar-refractivity contribution < 1.29 is 14.3 Å². The molecular formula is C15H30O3.